The summed E-state index contributed by atoms with van der Waals surface area (Å²) in [6.07, 6.45) is 7.80. The van der Waals surface area contributed by atoms with E-state index in [0.29, 0.717) is 42.6 Å². The fraction of sp³-hybridized carbons (Fsp3) is 0.971. The molecule has 2 aliphatic carbocycles. The number of hydrogen-bond donors (Lipinski definition) is 0. The van der Waals surface area contributed by atoms with E-state index >= 15 is 0 Å². The minimum atomic E-state index is -0.789. The predicted octanol–water partition coefficient (Wildman–Crippen LogP) is 6.34. The Morgan fingerprint density at radius 2 is 1.19 bits per heavy atom. The Kier molecular flexibility index (Phi) is 7.03. The van der Waals surface area contributed by atoms with Crippen LogP contribution in [0.4, 0.5) is 0 Å². The van der Waals surface area contributed by atoms with Crippen molar-refractivity contribution in [3.8, 4) is 0 Å². The molecule has 0 unspecified atom stereocenters. The molecule has 9 heteroatoms. The first-order valence-electron chi connectivity index (χ1n) is 17.5. The summed E-state index contributed by atoms with van der Waals surface area (Å²) in [5.74, 6) is 1.25. The largest absolute Gasteiger partial charge is 0.345 e. The average molecular weight is 604 g/mol. The van der Waals surface area contributed by atoms with Gasteiger partial charge in [0.25, 0.3) is 0 Å². The second-order valence-electron chi connectivity index (χ2n) is 15.9. The molecule has 0 aromatic carbocycles. The van der Waals surface area contributed by atoms with Gasteiger partial charge >= 0.3 is 0 Å². The van der Waals surface area contributed by atoms with E-state index in [1.165, 1.54) is 12.8 Å². The third-order valence-corrected chi connectivity index (χ3v) is 13.6. The van der Waals surface area contributed by atoms with E-state index in [1.807, 2.05) is 13.8 Å². The third kappa shape index (κ3) is 4.14. The lowest BCUT2D eigenvalue weighted by Gasteiger charge is -2.61. The average Bonchev–Trinajstić information content (AvgIpc) is 3.35. The molecular formula is C34H53NO8. The van der Waals surface area contributed by atoms with E-state index in [4.69, 9.17) is 43.5 Å². The van der Waals surface area contributed by atoms with Crippen LogP contribution in [0.2, 0.25) is 0 Å². The molecule has 43 heavy (non-hydrogen) atoms. The normalized spacial score (nSPS) is 59.2. The van der Waals surface area contributed by atoms with Crippen LogP contribution in [0, 0.1) is 47.3 Å². The van der Waals surface area contributed by atoms with Gasteiger partial charge in [-0.05, 0) is 94.8 Å². The van der Waals surface area contributed by atoms with E-state index < -0.39 is 35.4 Å². The summed E-state index contributed by atoms with van der Waals surface area (Å²) in [5, 5.41) is 0. The van der Waals surface area contributed by atoms with Crippen molar-refractivity contribution in [2.24, 2.45) is 52.3 Å². The highest BCUT2D eigenvalue weighted by Crippen LogP contribution is 2.63. The Balaban J connectivity index is 1.10. The van der Waals surface area contributed by atoms with Crippen LogP contribution < -0.4 is 0 Å². The van der Waals surface area contributed by atoms with Gasteiger partial charge in [0.2, 0.25) is 11.6 Å². The first kappa shape index (κ1) is 29.7. The van der Waals surface area contributed by atoms with Gasteiger partial charge in [-0.15, -0.1) is 0 Å². The number of hydrogen-bond acceptors (Lipinski definition) is 9. The van der Waals surface area contributed by atoms with E-state index in [-0.39, 0.29) is 30.0 Å². The van der Waals surface area contributed by atoms with Crippen LogP contribution in [-0.4, -0.2) is 59.8 Å². The fourth-order valence-electron chi connectivity index (χ4n) is 11.2. The highest BCUT2D eigenvalue weighted by atomic mass is 17.3. The standard InChI is InChI=1S/C34H53NO8/c1-8-35-26(28-21(5)25-12-10-19(3)23-14-16-32(7)39-30(37-28)34(23,25)43-41-32)17-27-20(4)24-11-9-18(2)22-13-15-31(6)38-29(36-27)33(22,24)42-40-31/h18-25,27-30H,8-17H2,1-7H3/t18-,19-,20-,21-,22+,23+,24+,25+,27-,28+,29-,30-,31+,32+,33-,34-/m1/s1. The molecule has 16 atom stereocenters. The van der Waals surface area contributed by atoms with Gasteiger partial charge in [-0.25, -0.2) is 19.6 Å². The van der Waals surface area contributed by atoms with Gasteiger partial charge in [0.05, 0.1) is 6.10 Å². The zero-order valence-electron chi connectivity index (χ0n) is 27.2. The summed E-state index contributed by atoms with van der Waals surface area (Å²) >= 11 is 0. The molecule has 10 aliphatic rings. The first-order valence-corrected chi connectivity index (χ1v) is 17.5. The Hall–Kier alpha value is -0.650. The van der Waals surface area contributed by atoms with Crippen LogP contribution >= 0.6 is 0 Å². The summed E-state index contributed by atoms with van der Waals surface area (Å²) in [6, 6.07) is 0. The molecule has 10 fully saturated rings. The lowest BCUT2D eigenvalue weighted by molar-refractivity contribution is -0.571. The Labute approximate surface area is 256 Å². The molecule has 0 aromatic rings. The number of rotatable bonds is 4. The Bertz CT molecular complexity index is 1140. The zero-order valence-corrected chi connectivity index (χ0v) is 27.2. The van der Waals surface area contributed by atoms with Crippen molar-refractivity contribution in [1.29, 1.82) is 0 Å². The first-order chi connectivity index (χ1) is 20.5. The van der Waals surface area contributed by atoms with Crippen molar-refractivity contribution in [1.82, 2.24) is 0 Å². The topological polar surface area (TPSA) is 86.2 Å². The minimum Gasteiger partial charge on any atom is -0.345 e. The molecule has 0 radical (unpaired) electrons. The summed E-state index contributed by atoms with van der Waals surface area (Å²) in [4.78, 5) is 30.1. The zero-order chi connectivity index (χ0) is 29.9. The molecule has 8 saturated heterocycles. The number of nitrogens with zero attached hydrogens (tertiary/aromatic N) is 1. The van der Waals surface area contributed by atoms with Gasteiger partial charge in [-0.1, -0.05) is 27.7 Å². The van der Waals surface area contributed by atoms with Crippen LogP contribution in [0.3, 0.4) is 0 Å². The van der Waals surface area contributed by atoms with E-state index in [1.54, 1.807) is 0 Å². The SMILES string of the molecule is CCN=C(C[C@H]1O[C@@H]2O[C@]3(C)CC[C@H]4[C@H](C)CC[C@@H]([C@H]1C)[C@@]24OO3)[C@H]1O[C@@H]2O[C@]3(C)CC[C@H]4[C@H](C)CC[C@@H]([C@H]1C)[C@@]24OO3. The van der Waals surface area contributed by atoms with Crippen molar-refractivity contribution in [2.45, 2.75) is 154 Å². The molecule has 0 aromatic heterocycles. The molecule has 2 saturated carbocycles. The maximum Gasteiger partial charge on any atom is 0.201 e. The maximum atomic E-state index is 7.05. The third-order valence-electron chi connectivity index (χ3n) is 13.6. The molecule has 8 heterocycles. The van der Waals surface area contributed by atoms with Crippen molar-refractivity contribution in [2.75, 3.05) is 6.54 Å². The summed E-state index contributed by atoms with van der Waals surface area (Å²) in [7, 11) is 0. The quantitative estimate of drug-likeness (QED) is 0.272. The molecule has 8 aliphatic heterocycles. The summed E-state index contributed by atoms with van der Waals surface area (Å²) in [5.41, 5.74) is -0.0538. The number of ether oxygens (including phenoxy) is 4. The highest BCUT2D eigenvalue weighted by molar-refractivity contribution is 5.89. The van der Waals surface area contributed by atoms with Gasteiger partial charge in [-0.2, -0.15) is 0 Å². The molecule has 0 amide bonds. The van der Waals surface area contributed by atoms with Crippen LogP contribution in [0.1, 0.15) is 106 Å². The smallest absolute Gasteiger partial charge is 0.201 e. The second kappa shape index (κ2) is 10.2. The lowest BCUT2D eigenvalue weighted by Crippen LogP contribution is -2.71. The van der Waals surface area contributed by atoms with Crippen LogP contribution in [-0.2, 0) is 38.5 Å². The summed E-state index contributed by atoms with van der Waals surface area (Å²) in [6.45, 7) is 16.2. The molecule has 2 spiro atoms. The molecule has 10 rings (SSSR count). The lowest BCUT2D eigenvalue weighted by atomic mass is 9.56. The maximum absolute atomic E-state index is 7.05. The van der Waals surface area contributed by atoms with Crippen LogP contribution in [0.25, 0.3) is 0 Å². The van der Waals surface area contributed by atoms with Gasteiger partial charge in [0, 0.05) is 43.4 Å². The van der Waals surface area contributed by atoms with Gasteiger partial charge in [0.1, 0.15) is 6.10 Å². The second-order valence-corrected chi connectivity index (χ2v) is 15.9. The predicted molar refractivity (Wildman–Crippen MR) is 156 cm³/mol. The van der Waals surface area contributed by atoms with Crippen molar-refractivity contribution >= 4 is 5.71 Å². The van der Waals surface area contributed by atoms with E-state index in [2.05, 4.69) is 34.6 Å². The van der Waals surface area contributed by atoms with Crippen molar-refractivity contribution in [3.63, 3.8) is 0 Å². The molecule has 4 bridgehead atoms. The number of aliphatic imine (C=N–C) groups is 1. The monoisotopic (exact) mass is 603 g/mol. The van der Waals surface area contributed by atoms with Crippen molar-refractivity contribution in [3.05, 3.63) is 0 Å². The van der Waals surface area contributed by atoms with Crippen LogP contribution in [0.15, 0.2) is 4.99 Å². The fourth-order valence-corrected chi connectivity index (χ4v) is 11.2. The minimum absolute atomic E-state index is 0.0547. The molecule has 242 valence electrons. The van der Waals surface area contributed by atoms with E-state index in [9.17, 15) is 0 Å². The molecule has 9 nitrogen and oxygen atoms in total. The van der Waals surface area contributed by atoms with E-state index in [0.717, 1.165) is 44.2 Å². The van der Waals surface area contributed by atoms with Gasteiger partial charge in [0.15, 0.2) is 23.8 Å². The molecule has 0 N–H and O–H groups in total. The molecular weight excluding hydrogens is 550 g/mol. The summed E-state index contributed by atoms with van der Waals surface area (Å²) < 4.78 is 27.4. The Morgan fingerprint density at radius 3 is 1.74 bits per heavy atom. The van der Waals surface area contributed by atoms with Gasteiger partial charge < -0.3 is 18.9 Å². The van der Waals surface area contributed by atoms with Crippen molar-refractivity contribution < 1.29 is 38.5 Å². The van der Waals surface area contributed by atoms with Gasteiger partial charge in [-0.3, -0.25) is 4.99 Å². The highest BCUT2D eigenvalue weighted by Gasteiger charge is 2.71. The van der Waals surface area contributed by atoms with Crippen LogP contribution in [0.5, 0.6) is 0 Å². The number of fused-ring (bicyclic) bond motifs is 4. The Morgan fingerprint density at radius 1 is 0.651 bits per heavy atom.